The standard InChI is InChI=1S/C23H27FN4O3/c1-13-11-27(12-21(29)28(13)17-5-4-6-17)23(31)18-9-16(7-8-19(18)24)10-20-14(2)15(3)22(30)26-25-20/h7-9,13,17H,4-6,10-12H2,1-3H3,(H,26,30)/t13-/m0/s1. The van der Waals surface area contributed by atoms with Gasteiger partial charge in [0.2, 0.25) is 5.91 Å². The fourth-order valence-electron chi connectivity index (χ4n) is 4.40. The highest BCUT2D eigenvalue weighted by Crippen LogP contribution is 2.29. The zero-order valence-electron chi connectivity index (χ0n) is 18.1. The summed E-state index contributed by atoms with van der Waals surface area (Å²) < 4.78 is 14.6. The highest BCUT2D eigenvalue weighted by Gasteiger charge is 2.38. The number of carbonyl (C=O) groups excluding carboxylic acids is 2. The second-order valence-corrected chi connectivity index (χ2v) is 8.66. The summed E-state index contributed by atoms with van der Waals surface area (Å²) in [6, 6.07) is 4.59. The van der Waals surface area contributed by atoms with Crippen LogP contribution in [0.2, 0.25) is 0 Å². The van der Waals surface area contributed by atoms with Gasteiger partial charge in [-0.1, -0.05) is 6.07 Å². The lowest BCUT2D eigenvalue weighted by Gasteiger charge is -2.46. The summed E-state index contributed by atoms with van der Waals surface area (Å²) in [5.74, 6) is -1.16. The third kappa shape index (κ3) is 3.98. The molecule has 1 atom stereocenters. The monoisotopic (exact) mass is 426 g/mol. The minimum atomic E-state index is -0.613. The number of carbonyl (C=O) groups is 2. The largest absolute Gasteiger partial charge is 0.334 e. The van der Waals surface area contributed by atoms with Gasteiger partial charge < -0.3 is 9.80 Å². The highest BCUT2D eigenvalue weighted by molar-refractivity contribution is 5.97. The van der Waals surface area contributed by atoms with Crippen molar-refractivity contribution in [1.29, 1.82) is 0 Å². The third-order valence-corrected chi connectivity index (χ3v) is 6.59. The Hall–Kier alpha value is -3.03. The van der Waals surface area contributed by atoms with Crippen LogP contribution in [0.15, 0.2) is 23.0 Å². The molecule has 1 saturated heterocycles. The zero-order valence-corrected chi connectivity index (χ0v) is 18.1. The van der Waals surface area contributed by atoms with Gasteiger partial charge in [-0.15, -0.1) is 0 Å². The van der Waals surface area contributed by atoms with Crippen molar-refractivity contribution in [2.45, 2.75) is 58.5 Å². The van der Waals surface area contributed by atoms with Crippen LogP contribution in [0.3, 0.4) is 0 Å². The number of nitrogens with zero attached hydrogens (tertiary/aromatic N) is 3. The Labute approximate surface area is 180 Å². The number of nitrogens with one attached hydrogen (secondary N) is 1. The number of hydrogen-bond acceptors (Lipinski definition) is 4. The molecule has 1 aliphatic carbocycles. The van der Waals surface area contributed by atoms with Crippen molar-refractivity contribution >= 4 is 11.8 Å². The first kappa shape index (κ1) is 21.2. The van der Waals surface area contributed by atoms with Crippen molar-refractivity contribution in [1.82, 2.24) is 20.0 Å². The molecule has 0 unspecified atom stereocenters. The topological polar surface area (TPSA) is 86.4 Å². The molecule has 2 amide bonds. The number of rotatable bonds is 4. The Morgan fingerprint density at radius 1 is 1.23 bits per heavy atom. The predicted molar refractivity (Wildman–Crippen MR) is 113 cm³/mol. The summed E-state index contributed by atoms with van der Waals surface area (Å²) in [4.78, 5) is 40.8. The van der Waals surface area contributed by atoms with E-state index in [1.165, 1.54) is 17.0 Å². The number of hydrogen-bond donors (Lipinski definition) is 1. The summed E-state index contributed by atoms with van der Waals surface area (Å²) in [6.45, 7) is 5.85. The van der Waals surface area contributed by atoms with Crippen molar-refractivity contribution in [2.75, 3.05) is 13.1 Å². The second-order valence-electron chi connectivity index (χ2n) is 8.66. The molecule has 1 aromatic heterocycles. The van der Waals surface area contributed by atoms with Gasteiger partial charge in [0, 0.05) is 30.6 Å². The average molecular weight is 426 g/mol. The number of benzene rings is 1. The van der Waals surface area contributed by atoms with Gasteiger partial charge in [0.1, 0.15) is 12.4 Å². The van der Waals surface area contributed by atoms with Crippen LogP contribution in [0.5, 0.6) is 0 Å². The maximum Gasteiger partial charge on any atom is 0.267 e. The molecule has 8 heteroatoms. The van der Waals surface area contributed by atoms with E-state index in [0.717, 1.165) is 24.8 Å². The van der Waals surface area contributed by atoms with Crippen LogP contribution in [0.4, 0.5) is 4.39 Å². The number of aromatic amines is 1. The second kappa shape index (κ2) is 8.24. The molecule has 1 saturated carbocycles. The molecule has 2 fully saturated rings. The molecule has 7 nitrogen and oxygen atoms in total. The van der Waals surface area contributed by atoms with Crippen molar-refractivity contribution in [3.05, 3.63) is 62.3 Å². The first-order valence-corrected chi connectivity index (χ1v) is 10.7. The van der Waals surface area contributed by atoms with Crippen molar-refractivity contribution < 1.29 is 14.0 Å². The molecule has 0 radical (unpaired) electrons. The number of piperazine rings is 1. The molecular formula is C23H27FN4O3. The molecule has 2 aromatic rings. The number of halogens is 1. The fourth-order valence-corrected chi connectivity index (χ4v) is 4.40. The van der Waals surface area contributed by atoms with Crippen LogP contribution in [0, 0.1) is 19.7 Å². The Balaban J connectivity index is 1.54. The van der Waals surface area contributed by atoms with Crippen molar-refractivity contribution in [3.63, 3.8) is 0 Å². The van der Waals surface area contributed by atoms with E-state index in [-0.39, 0.29) is 35.7 Å². The first-order valence-electron chi connectivity index (χ1n) is 10.7. The molecule has 0 spiro atoms. The molecular weight excluding hydrogens is 399 g/mol. The van der Waals surface area contributed by atoms with Crippen LogP contribution in [-0.2, 0) is 11.2 Å². The van der Waals surface area contributed by atoms with Gasteiger partial charge in [-0.25, -0.2) is 9.49 Å². The Morgan fingerprint density at radius 2 is 1.97 bits per heavy atom. The normalized spacial score (nSPS) is 19.5. The van der Waals surface area contributed by atoms with E-state index in [0.29, 0.717) is 29.8 Å². The van der Waals surface area contributed by atoms with Crippen molar-refractivity contribution in [2.24, 2.45) is 0 Å². The van der Waals surface area contributed by atoms with Crippen LogP contribution >= 0.6 is 0 Å². The number of amides is 2. The van der Waals surface area contributed by atoms with Gasteiger partial charge in [0.05, 0.1) is 11.3 Å². The molecule has 0 bridgehead atoms. The Bertz CT molecular complexity index is 1090. The summed E-state index contributed by atoms with van der Waals surface area (Å²) in [6.07, 6.45) is 3.51. The van der Waals surface area contributed by atoms with Gasteiger partial charge in [0.15, 0.2) is 0 Å². The Kier molecular flexibility index (Phi) is 5.64. The molecule has 1 aliphatic heterocycles. The van der Waals surface area contributed by atoms with Crippen molar-refractivity contribution in [3.8, 4) is 0 Å². The molecule has 1 aromatic carbocycles. The zero-order chi connectivity index (χ0) is 22.3. The molecule has 164 valence electrons. The van der Waals surface area contributed by atoms with Gasteiger partial charge >= 0.3 is 0 Å². The Morgan fingerprint density at radius 3 is 2.61 bits per heavy atom. The van der Waals surface area contributed by atoms with E-state index >= 15 is 0 Å². The molecule has 4 rings (SSSR count). The molecule has 31 heavy (non-hydrogen) atoms. The minimum Gasteiger partial charge on any atom is -0.334 e. The quantitative estimate of drug-likeness (QED) is 0.813. The number of H-pyrrole nitrogens is 1. The van der Waals surface area contributed by atoms with E-state index in [1.54, 1.807) is 13.0 Å². The van der Waals surface area contributed by atoms with Gasteiger partial charge in [0.25, 0.3) is 11.5 Å². The molecule has 2 aliphatic rings. The van der Waals surface area contributed by atoms with Crippen LogP contribution < -0.4 is 5.56 Å². The maximum absolute atomic E-state index is 14.6. The predicted octanol–water partition coefficient (Wildman–Crippen LogP) is 2.34. The third-order valence-electron chi connectivity index (χ3n) is 6.59. The summed E-state index contributed by atoms with van der Waals surface area (Å²) in [5.41, 5.74) is 2.44. The minimum absolute atomic E-state index is 0.0247. The lowest BCUT2D eigenvalue weighted by molar-refractivity contribution is -0.143. The lowest BCUT2D eigenvalue weighted by Crippen LogP contribution is -2.61. The van der Waals surface area contributed by atoms with E-state index in [4.69, 9.17) is 0 Å². The van der Waals surface area contributed by atoms with E-state index in [9.17, 15) is 18.8 Å². The summed E-state index contributed by atoms with van der Waals surface area (Å²) in [7, 11) is 0. The van der Waals surface area contributed by atoms with Gasteiger partial charge in [-0.3, -0.25) is 14.4 Å². The lowest BCUT2D eigenvalue weighted by atomic mass is 9.89. The average Bonchev–Trinajstić information content (AvgIpc) is 2.70. The van der Waals surface area contributed by atoms with Crippen LogP contribution in [0.1, 0.15) is 58.9 Å². The maximum atomic E-state index is 14.6. The number of aromatic nitrogens is 2. The van der Waals surface area contributed by atoms with E-state index in [1.807, 2.05) is 18.7 Å². The fraction of sp³-hybridized carbons (Fsp3) is 0.478. The van der Waals surface area contributed by atoms with E-state index in [2.05, 4.69) is 10.2 Å². The molecule has 2 heterocycles. The van der Waals surface area contributed by atoms with Crippen LogP contribution in [0.25, 0.3) is 0 Å². The highest BCUT2D eigenvalue weighted by atomic mass is 19.1. The molecule has 1 N–H and O–H groups in total. The SMILES string of the molecule is Cc1c(Cc2ccc(F)c(C(=O)N3CC(=O)N(C4CCC4)[C@@H](C)C3)c2)n[nH]c(=O)c1C. The first-order chi connectivity index (χ1) is 14.8. The summed E-state index contributed by atoms with van der Waals surface area (Å²) >= 11 is 0. The van der Waals surface area contributed by atoms with Crippen LogP contribution in [-0.4, -0.2) is 57.0 Å². The van der Waals surface area contributed by atoms with Gasteiger partial charge in [-0.05, 0) is 63.3 Å². The smallest absolute Gasteiger partial charge is 0.267 e. The summed E-state index contributed by atoms with van der Waals surface area (Å²) in [5, 5.41) is 6.57. The van der Waals surface area contributed by atoms with E-state index < -0.39 is 11.7 Å². The van der Waals surface area contributed by atoms with Gasteiger partial charge in [-0.2, -0.15) is 5.10 Å².